The molecular weight excluding hydrogens is 343 g/mol. The maximum absolute atomic E-state index is 8.27. The molecule has 1 unspecified atom stereocenters. The SMILES string of the molecule is CN=S(C)(=N)c1ccc(-c2ccc(B3OC(C)(C)C(C)(C)O3)cc2)cc1. The Kier molecular flexibility index (Phi) is 4.80. The predicted octanol–water partition coefficient (Wildman–Crippen LogP) is 4.37. The third kappa shape index (κ3) is 3.46. The van der Waals surface area contributed by atoms with Gasteiger partial charge in [-0.3, -0.25) is 9.14 Å². The first kappa shape index (κ1) is 19.1. The standard InChI is InChI=1S/C20H27BN2O2S/c1-19(2)20(3,4)25-21(24-19)17-11-7-15(8-12-17)16-9-13-18(14-10-16)26(6,22)23-5/h7-14,22H,1-6H3. The van der Waals surface area contributed by atoms with E-state index in [0.29, 0.717) is 0 Å². The van der Waals surface area contributed by atoms with Crippen LogP contribution in [0.1, 0.15) is 27.7 Å². The topological polar surface area (TPSA) is 54.7 Å². The number of rotatable bonds is 3. The van der Waals surface area contributed by atoms with Gasteiger partial charge >= 0.3 is 7.12 Å². The van der Waals surface area contributed by atoms with E-state index in [4.69, 9.17) is 14.1 Å². The van der Waals surface area contributed by atoms with Crippen molar-refractivity contribution in [1.29, 1.82) is 4.78 Å². The van der Waals surface area contributed by atoms with E-state index in [0.717, 1.165) is 21.5 Å². The van der Waals surface area contributed by atoms with Gasteiger partial charge in [0.2, 0.25) is 0 Å². The van der Waals surface area contributed by atoms with Gasteiger partial charge in [0, 0.05) is 18.2 Å². The van der Waals surface area contributed by atoms with Crippen LogP contribution in [0.25, 0.3) is 11.1 Å². The largest absolute Gasteiger partial charge is 0.494 e. The van der Waals surface area contributed by atoms with Crippen LogP contribution in [0.3, 0.4) is 0 Å². The minimum absolute atomic E-state index is 0.332. The smallest absolute Gasteiger partial charge is 0.399 e. The van der Waals surface area contributed by atoms with Gasteiger partial charge in [0.1, 0.15) is 0 Å². The highest BCUT2D eigenvalue weighted by atomic mass is 32.2. The summed E-state index contributed by atoms with van der Waals surface area (Å²) in [5, 5.41) is 0. The highest BCUT2D eigenvalue weighted by molar-refractivity contribution is 7.94. The Labute approximate surface area is 157 Å². The second kappa shape index (κ2) is 6.52. The van der Waals surface area contributed by atoms with E-state index in [1.807, 2.05) is 18.4 Å². The molecular formula is C20H27BN2O2S. The number of hydrogen-bond acceptors (Lipinski definition) is 4. The average molecular weight is 370 g/mol. The van der Waals surface area contributed by atoms with E-state index in [2.05, 4.69) is 68.5 Å². The van der Waals surface area contributed by atoms with Crippen molar-refractivity contribution in [1.82, 2.24) is 0 Å². The van der Waals surface area contributed by atoms with Crippen molar-refractivity contribution in [3.8, 4) is 11.1 Å². The minimum atomic E-state index is -1.80. The summed E-state index contributed by atoms with van der Waals surface area (Å²) < 4.78 is 24.7. The molecule has 0 spiro atoms. The third-order valence-corrected chi connectivity index (χ3v) is 7.37. The molecule has 0 saturated carbocycles. The first-order valence-corrected chi connectivity index (χ1v) is 10.8. The zero-order valence-corrected chi connectivity index (χ0v) is 17.2. The van der Waals surface area contributed by atoms with Crippen molar-refractivity contribution >= 4 is 22.2 Å². The first-order chi connectivity index (χ1) is 12.1. The van der Waals surface area contributed by atoms with E-state index in [1.54, 1.807) is 7.05 Å². The van der Waals surface area contributed by atoms with Gasteiger partial charge in [-0.2, -0.15) is 0 Å². The zero-order chi connectivity index (χ0) is 19.2. The molecule has 4 nitrogen and oxygen atoms in total. The van der Waals surface area contributed by atoms with Crippen LogP contribution in [0.4, 0.5) is 0 Å². The lowest BCUT2D eigenvalue weighted by Crippen LogP contribution is -2.41. The Morgan fingerprint density at radius 3 is 1.69 bits per heavy atom. The third-order valence-electron chi connectivity index (χ3n) is 5.45. The fourth-order valence-electron chi connectivity index (χ4n) is 2.83. The van der Waals surface area contributed by atoms with Crippen LogP contribution in [0, 0.1) is 4.78 Å². The van der Waals surface area contributed by atoms with Gasteiger partial charge in [-0.1, -0.05) is 36.4 Å². The Morgan fingerprint density at radius 2 is 1.27 bits per heavy atom. The predicted molar refractivity (Wildman–Crippen MR) is 110 cm³/mol. The molecule has 1 atom stereocenters. The van der Waals surface area contributed by atoms with Crippen LogP contribution >= 0.6 is 0 Å². The Morgan fingerprint density at radius 1 is 0.846 bits per heavy atom. The molecule has 2 aromatic carbocycles. The number of hydrogen-bond donors (Lipinski definition) is 1. The fraction of sp³-hybridized carbons (Fsp3) is 0.400. The number of nitrogens with zero attached hydrogens (tertiary/aromatic N) is 1. The van der Waals surface area contributed by atoms with Crippen LogP contribution in [0.15, 0.2) is 57.8 Å². The Hall–Kier alpha value is -1.63. The summed E-state index contributed by atoms with van der Waals surface area (Å²) in [6, 6.07) is 16.4. The van der Waals surface area contributed by atoms with Crippen molar-refractivity contribution in [2.24, 2.45) is 4.36 Å². The molecule has 3 rings (SSSR count). The maximum Gasteiger partial charge on any atom is 0.494 e. The quantitative estimate of drug-likeness (QED) is 0.816. The Bertz CT molecular complexity index is 896. The second-order valence-corrected chi connectivity index (χ2v) is 10.4. The van der Waals surface area contributed by atoms with Gasteiger partial charge in [0.05, 0.1) is 11.2 Å². The summed E-state index contributed by atoms with van der Waals surface area (Å²) in [5.41, 5.74) is 2.62. The molecule has 1 aliphatic rings. The van der Waals surface area contributed by atoms with Gasteiger partial charge in [-0.25, -0.2) is 0 Å². The van der Waals surface area contributed by atoms with Crippen LogP contribution < -0.4 is 5.46 Å². The molecule has 0 radical (unpaired) electrons. The molecule has 2 aromatic rings. The van der Waals surface area contributed by atoms with Crippen molar-refractivity contribution in [3.05, 3.63) is 48.5 Å². The molecule has 6 heteroatoms. The first-order valence-electron chi connectivity index (χ1n) is 8.76. The molecule has 26 heavy (non-hydrogen) atoms. The lowest BCUT2D eigenvalue weighted by Gasteiger charge is -2.32. The highest BCUT2D eigenvalue weighted by Gasteiger charge is 2.51. The zero-order valence-electron chi connectivity index (χ0n) is 16.4. The molecule has 1 N–H and O–H groups in total. The van der Waals surface area contributed by atoms with Crippen molar-refractivity contribution in [2.75, 3.05) is 13.3 Å². The van der Waals surface area contributed by atoms with Crippen LogP contribution in [0.5, 0.6) is 0 Å². The molecule has 1 fully saturated rings. The van der Waals surface area contributed by atoms with E-state index < -0.39 is 9.62 Å². The van der Waals surface area contributed by atoms with Crippen LogP contribution in [-0.2, 0) is 18.9 Å². The van der Waals surface area contributed by atoms with Gasteiger partial charge < -0.3 is 9.31 Å². The number of nitrogens with one attached hydrogen (secondary N) is 1. The lowest BCUT2D eigenvalue weighted by molar-refractivity contribution is 0.00578. The van der Waals surface area contributed by atoms with E-state index in [1.165, 1.54) is 0 Å². The normalized spacial score (nSPS) is 20.6. The molecule has 0 aliphatic carbocycles. The maximum atomic E-state index is 8.27. The lowest BCUT2D eigenvalue weighted by atomic mass is 9.78. The van der Waals surface area contributed by atoms with E-state index in [-0.39, 0.29) is 18.3 Å². The molecule has 1 aliphatic heterocycles. The summed E-state index contributed by atoms with van der Waals surface area (Å²) >= 11 is 0. The minimum Gasteiger partial charge on any atom is -0.399 e. The molecule has 0 amide bonds. The molecule has 0 aromatic heterocycles. The van der Waals surface area contributed by atoms with Crippen LogP contribution in [-0.4, -0.2) is 31.6 Å². The fourth-order valence-corrected chi connectivity index (χ4v) is 3.71. The van der Waals surface area contributed by atoms with Crippen LogP contribution in [0.2, 0.25) is 0 Å². The van der Waals surface area contributed by atoms with E-state index in [9.17, 15) is 0 Å². The average Bonchev–Trinajstić information content (AvgIpc) is 2.83. The summed E-state index contributed by atoms with van der Waals surface area (Å²) in [6.07, 6.45) is 1.88. The molecule has 0 bridgehead atoms. The summed E-state index contributed by atoms with van der Waals surface area (Å²) in [4.78, 5) is 0.970. The molecule has 138 valence electrons. The van der Waals surface area contributed by atoms with E-state index >= 15 is 0 Å². The van der Waals surface area contributed by atoms with Gasteiger partial charge in [0.15, 0.2) is 0 Å². The summed E-state index contributed by atoms with van der Waals surface area (Å²) in [5.74, 6) is 0. The van der Waals surface area contributed by atoms with Gasteiger partial charge in [-0.05, 0) is 66.0 Å². The Balaban J connectivity index is 1.82. The molecule has 1 saturated heterocycles. The van der Waals surface area contributed by atoms with Gasteiger partial charge in [-0.15, -0.1) is 0 Å². The van der Waals surface area contributed by atoms with Gasteiger partial charge in [0.25, 0.3) is 0 Å². The molecule has 1 heterocycles. The summed E-state index contributed by atoms with van der Waals surface area (Å²) in [6.45, 7) is 8.25. The van der Waals surface area contributed by atoms with Crippen molar-refractivity contribution in [2.45, 2.75) is 43.8 Å². The monoisotopic (exact) mass is 370 g/mol. The van der Waals surface area contributed by atoms with Crippen molar-refractivity contribution in [3.63, 3.8) is 0 Å². The summed E-state index contributed by atoms with van der Waals surface area (Å²) in [7, 11) is -0.420. The second-order valence-electron chi connectivity index (χ2n) is 7.79. The number of benzene rings is 2. The van der Waals surface area contributed by atoms with Crippen molar-refractivity contribution < 1.29 is 9.31 Å². The highest BCUT2D eigenvalue weighted by Crippen LogP contribution is 2.36.